The molecule has 1 saturated carbocycles. The van der Waals surface area contributed by atoms with Gasteiger partial charge in [0.25, 0.3) is 0 Å². The highest BCUT2D eigenvalue weighted by atomic mass is 16.5. The number of hydrogen-bond acceptors (Lipinski definition) is 3. The van der Waals surface area contributed by atoms with E-state index in [0.29, 0.717) is 26.0 Å². The first-order valence-electron chi connectivity index (χ1n) is 6.52. The number of carbonyl (C=O) groups is 1. The first-order valence-corrected chi connectivity index (χ1v) is 6.52. The minimum Gasteiger partial charge on any atom is -0.380 e. The second-order valence-electron chi connectivity index (χ2n) is 4.62. The summed E-state index contributed by atoms with van der Waals surface area (Å²) in [6.45, 7) is 3.90. The minimum absolute atomic E-state index is 0.114. The molecule has 1 amide bonds. The van der Waals surface area contributed by atoms with Crippen molar-refractivity contribution in [2.45, 2.75) is 45.4 Å². The molecule has 0 atom stereocenters. The lowest BCUT2D eigenvalue weighted by Gasteiger charge is -2.19. The Hall–Kier alpha value is -1.08. The van der Waals surface area contributed by atoms with Gasteiger partial charge in [-0.15, -0.1) is 0 Å². The molecule has 1 rings (SSSR count). The Balaban J connectivity index is 2.18. The van der Waals surface area contributed by atoms with Gasteiger partial charge in [-0.25, -0.2) is 0 Å². The van der Waals surface area contributed by atoms with E-state index >= 15 is 0 Å². The van der Waals surface area contributed by atoms with E-state index < -0.39 is 5.41 Å². The topological polar surface area (TPSA) is 62.1 Å². The van der Waals surface area contributed by atoms with Gasteiger partial charge in [0.2, 0.25) is 5.91 Å². The molecule has 0 radical (unpaired) electrons. The Morgan fingerprint density at radius 1 is 1.41 bits per heavy atom. The zero-order chi connectivity index (χ0) is 12.6. The van der Waals surface area contributed by atoms with Crippen LogP contribution in [0.3, 0.4) is 0 Å². The van der Waals surface area contributed by atoms with E-state index in [1.54, 1.807) is 0 Å². The number of rotatable bonds is 7. The van der Waals surface area contributed by atoms with Crippen molar-refractivity contribution < 1.29 is 9.53 Å². The first-order chi connectivity index (χ1) is 8.25. The van der Waals surface area contributed by atoms with Gasteiger partial charge in [-0.3, -0.25) is 4.79 Å². The van der Waals surface area contributed by atoms with E-state index in [4.69, 9.17) is 10.00 Å². The number of unbranched alkanes of at least 4 members (excludes halogenated alkanes) is 1. The molecule has 0 bridgehead atoms. The fourth-order valence-corrected chi connectivity index (χ4v) is 2.12. The minimum atomic E-state index is -0.760. The van der Waals surface area contributed by atoms with Gasteiger partial charge in [0.05, 0.1) is 12.7 Å². The maximum absolute atomic E-state index is 11.9. The molecule has 1 aliphatic rings. The highest BCUT2D eigenvalue weighted by Gasteiger charge is 2.41. The molecule has 1 aliphatic carbocycles. The van der Waals surface area contributed by atoms with Crippen LogP contribution < -0.4 is 5.32 Å². The molecule has 0 spiro atoms. The van der Waals surface area contributed by atoms with Crippen LogP contribution in [0.15, 0.2) is 0 Å². The highest BCUT2D eigenvalue weighted by Crippen LogP contribution is 2.37. The molecule has 0 aliphatic heterocycles. The summed E-state index contributed by atoms with van der Waals surface area (Å²) in [5, 5.41) is 11.9. The van der Waals surface area contributed by atoms with Crippen LogP contribution in [-0.2, 0) is 9.53 Å². The first kappa shape index (κ1) is 14.0. The van der Waals surface area contributed by atoms with Crippen molar-refractivity contribution in [3.8, 4) is 6.07 Å². The average molecular weight is 238 g/mol. The number of nitriles is 1. The molecule has 0 aromatic rings. The lowest BCUT2D eigenvalue weighted by Crippen LogP contribution is -2.39. The molecule has 4 heteroatoms. The zero-order valence-electron chi connectivity index (χ0n) is 10.6. The maximum Gasteiger partial charge on any atom is 0.240 e. The molecule has 17 heavy (non-hydrogen) atoms. The van der Waals surface area contributed by atoms with Gasteiger partial charge < -0.3 is 10.1 Å². The van der Waals surface area contributed by atoms with Gasteiger partial charge in [-0.2, -0.15) is 5.26 Å². The van der Waals surface area contributed by atoms with Crippen LogP contribution in [0.4, 0.5) is 0 Å². The van der Waals surface area contributed by atoms with Gasteiger partial charge in [-0.1, -0.05) is 26.2 Å². The molecular weight excluding hydrogens is 216 g/mol. The molecule has 4 nitrogen and oxygen atoms in total. The monoisotopic (exact) mass is 238 g/mol. The van der Waals surface area contributed by atoms with Crippen molar-refractivity contribution in [3.05, 3.63) is 0 Å². The molecule has 0 saturated heterocycles. The predicted octanol–water partition coefficient (Wildman–Crippen LogP) is 2.00. The fraction of sp³-hybridized carbons (Fsp3) is 0.846. The highest BCUT2D eigenvalue weighted by molar-refractivity contribution is 5.85. The Morgan fingerprint density at radius 3 is 2.71 bits per heavy atom. The molecule has 0 aromatic carbocycles. The summed E-state index contributed by atoms with van der Waals surface area (Å²) < 4.78 is 5.36. The summed E-state index contributed by atoms with van der Waals surface area (Å²) in [5.74, 6) is -0.114. The van der Waals surface area contributed by atoms with E-state index in [9.17, 15) is 4.79 Å². The Bertz CT molecular complexity index is 278. The quantitative estimate of drug-likeness (QED) is 0.690. The predicted molar refractivity (Wildman–Crippen MR) is 65.3 cm³/mol. The maximum atomic E-state index is 11.9. The molecule has 0 unspecified atom stereocenters. The number of nitrogens with zero attached hydrogens (tertiary/aromatic N) is 1. The molecule has 1 fully saturated rings. The molecule has 1 N–H and O–H groups in total. The molecular formula is C13H22N2O2. The van der Waals surface area contributed by atoms with E-state index in [-0.39, 0.29) is 5.91 Å². The number of ether oxygens (including phenoxy) is 1. The molecule has 0 aromatic heterocycles. The zero-order valence-corrected chi connectivity index (χ0v) is 10.6. The second kappa shape index (κ2) is 7.29. The Morgan fingerprint density at radius 2 is 2.12 bits per heavy atom. The summed E-state index contributed by atoms with van der Waals surface area (Å²) in [7, 11) is 0. The van der Waals surface area contributed by atoms with Crippen molar-refractivity contribution >= 4 is 5.91 Å². The standard InChI is InChI=1S/C13H22N2O2/c1-2-3-9-17-10-8-15-12(16)13(11-14)6-4-5-7-13/h2-10H2,1H3,(H,15,16). The number of hydrogen-bond donors (Lipinski definition) is 1. The van der Waals surface area contributed by atoms with Crippen LogP contribution in [0.1, 0.15) is 45.4 Å². The second-order valence-corrected chi connectivity index (χ2v) is 4.62. The lowest BCUT2D eigenvalue weighted by atomic mass is 9.87. The van der Waals surface area contributed by atoms with Gasteiger partial charge >= 0.3 is 0 Å². The fourth-order valence-electron chi connectivity index (χ4n) is 2.12. The van der Waals surface area contributed by atoms with Crippen molar-refractivity contribution in [1.82, 2.24) is 5.32 Å². The van der Waals surface area contributed by atoms with Crippen molar-refractivity contribution in [2.24, 2.45) is 5.41 Å². The van der Waals surface area contributed by atoms with Crippen molar-refractivity contribution in [1.29, 1.82) is 5.26 Å². The third-order valence-corrected chi connectivity index (χ3v) is 3.28. The van der Waals surface area contributed by atoms with Crippen LogP contribution in [0.25, 0.3) is 0 Å². The van der Waals surface area contributed by atoms with Crippen molar-refractivity contribution in [2.75, 3.05) is 19.8 Å². The summed E-state index contributed by atoms with van der Waals surface area (Å²) in [4.78, 5) is 11.9. The normalized spacial score (nSPS) is 17.6. The van der Waals surface area contributed by atoms with Crippen LogP contribution >= 0.6 is 0 Å². The number of nitrogens with one attached hydrogen (secondary N) is 1. The van der Waals surface area contributed by atoms with Gasteiger partial charge in [0.15, 0.2) is 0 Å². The van der Waals surface area contributed by atoms with Gasteiger partial charge in [-0.05, 0) is 19.3 Å². The summed E-state index contributed by atoms with van der Waals surface area (Å²) >= 11 is 0. The lowest BCUT2D eigenvalue weighted by molar-refractivity contribution is -0.128. The van der Waals surface area contributed by atoms with E-state index in [1.165, 1.54) is 0 Å². The average Bonchev–Trinajstić information content (AvgIpc) is 2.83. The third-order valence-electron chi connectivity index (χ3n) is 3.28. The van der Waals surface area contributed by atoms with Gasteiger partial charge in [0, 0.05) is 13.2 Å². The Labute approximate surface area is 103 Å². The van der Waals surface area contributed by atoms with Crippen molar-refractivity contribution in [3.63, 3.8) is 0 Å². The van der Waals surface area contributed by atoms with E-state index in [2.05, 4.69) is 18.3 Å². The SMILES string of the molecule is CCCCOCCNC(=O)C1(C#N)CCCC1. The molecule has 0 heterocycles. The smallest absolute Gasteiger partial charge is 0.240 e. The van der Waals surface area contributed by atoms with E-state index in [1.807, 2.05) is 0 Å². The number of carbonyl (C=O) groups excluding carboxylic acids is 1. The van der Waals surface area contributed by atoms with Crippen LogP contribution in [0.5, 0.6) is 0 Å². The van der Waals surface area contributed by atoms with Gasteiger partial charge in [0.1, 0.15) is 5.41 Å². The van der Waals surface area contributed by atoms with Crippen LogP contribution in [0, 0.1) is 16.7 Å². The third kappa shape index (κ3) is 4.01. The number of amides is 1. The van der Waals surface area contributed by atoms with E-state index in [0.717, 1.165) is 32.3 Å². The van der Waals surface area contributed by atoms with Crippen LogP contribution in [0.2, 0.25) is 0 Å². The summed E-state index contributed by atoms with van der Waals surface area (Å²) in [5.41, 5.74) is -0.760. The largest absolute Gasteiger partial charge is 0.380 e. The Kier molecular flexibility index (Phi) is 5.99. The molecule has 96 valence electrons. The summed E-state index contributed by atoms with van der Waals surface area (Å²) in [6.07, 6.45) is 5.53. The summed E-state index contributed by atoms with van der Waals surface area (Å²) in [6, 6.07) is 2.19. The van der Waals surface area contributed by atoms with Crippen LogP contribution in [-0.4, -0.2) is 25.7 Å².